The van der Waals surface area contributed by atoms with Crippen molar-refractivity contribution in [2.45, 2.75) is 6.92 Å². The molecule has 0 aliphatic rings. The monoisotopic (exact) mass is 303 g/mol. The number of carbonyl (C=O) groups excluding carboxylic acids is 1. The van der Waals surface area contributed by atoms with Gasteiger partial charge in [0.1, 0.15) is 18.1 Å². The van der Waals surface area contributed by atoms with Crippen LogP contribution in [0.15, 0.2) is 42.6 Å². The fourth-order valence-electron chi connectivity index (χ4n) is 1.67. The van der Waals surface area contributed by atoms with Gasteiger partial charge in [0, 0.05) is 6.07 Å². The molecule has 0 bridgehead atoms. The van der Waals surface area contributed by atoms with Crippen LogP contribution in [0.2, 0.25) is 0 Å². The molecule has 0 amide bonds. The molecule has 0 saturated heterocycles. The summed E-state index contributed by atoms with van der Waals surface area (Å²) in [5.74, 6) is 1.15. The summed E-state index contributed by atoms with van der Waals surface area (Å²) in [5.41, 5.74) is 0.468. The van der Waals surface area contributed by atoms with E-state index in [1.54, 1.807) is 43.3 Å². The first-order chi connectivity index (χ1) is 10.7. The lowest BCUT2D eigenvalue weighted by Crippen LogP contribution is -2.04. The Kier molecular flexibility index (Phi) is 5.73. The fraction of sp³-hybridized carbons (Fsp3) is 0.250. The predicted octanol–water partition coefficient (Wildman–Crippen LogP) is 2.42. The molecule has 0 aliphatic heterocycles. The molecule has 0 saturated carbocycles. The van der Waals surface area contributed by atoms with Crippen molar-refractivity contribution in [1.82, 2.24) is 4.98 Å². The molecule has 0 radical (unpaired) electrons. The molecule has 1 N–H and O–H groups in total. The van der Waals surface area contributed by atoms with Gasteiger partial charge in [-0.2, -0.15) is 0 Å². The van der Waals surface area contributed by atoms with Crippen molar-refractivity contribution in [2.24, 2.45) is 0 Å². The Labute approximate surface area is 128 Å². The zero-order valence-electron chi connectivity index (χ0n) is 12.2. The van der Waals surface area contributed by atoms with Gasteiger partial charge in [-0.3, -0.25) is 0 Å². The van der Waals surface area contributed by atoms with Gasteiger partial charge < -0.3 is 19.3 Å². The number of ether oxygens (including phenoxy) is 3. The molecule has 1 heterocycles. The summed E-state index contributed by atoms with van der Waals surface area (Å²) < 4.78 is 15.7. The van der Waals surface area contributed by atoms with E-state index in [0.29, 0.717) is 29.5 Å². The van der Waals surface area contributed by atoms with Crippen molar-refractivity contribution in [2.75, 3.05) is 19.8 Å². The lowest BCUT2D eigenvalue weighted by molar-refractivity contribution is 0.0526. The minimum absolute atomic E-state index is 0.0505. The second kappa shape index (κ2) is 7.99. The second-order valence-electron chi connectivity index (χ2n) is 4.25. The van der Waals surface area contributed by atoms with Crippen molar-refractivity contribution in [1.29, 1.82) is 0 Å². The number of hydrogen-bond acceptors (Lipinski definition) is 6. The van der Waals surface area contributed by atoms with Crippen molar-refractivity contribution in [3.63, 3.8) is 0 Å². The quantitative estimate of drug-likeness (QED) is 0.791. The molecular formula is C16H17NO5. The third kappa shape index (κ3) is 4.46. The van der Waals surface area contributed by atoms with Crippen LogP contribution in [0.3, 0.4) is 0 Å². The Hall–Kier alpha value is -2.60. The number of aliphatic hydroxyl groups is 1. The molecule has 0 spiro atoms. The van der Waals surface area contributed by atoms with Crippen LogP contribution >= 0.6 is 0 Å². The Morgan fingerprint density at radius 2 is 1.86 bits per heavy atom. The van der Waals surface area contributed by atoms with Gasteiger partial charge in [0.2, 0.25) is 5.88 Å². The maximum absolute atomic E-state index is 11.5. The topological polar surface area (TPSA) is 77.9 Å². The summed E-state index contributed by atoms with van der Waals surface area (Å²) in [6, 6.07) is 9.96. The highest BCUT2D eigenvalue weighted by atomic mass is 16.5. The van der Waals surface area contributed by atoms with E-state index in [1.165, 1.54) is 6.20 Å². The molecule has 0 aliphatic carbocycles. The zero-order chi connectivity index (χ0) is 15.8. The lowest BCUT2D eigenvalue weighted by Gasteiger charge is -2.07. The second-order valence-corrected chi connectivity index (χ2v) is 4.25. The summed E-state index contributed by atoms with van der Waals surface area (Å²) >= 11 is 0. The summed E-state index contributed by atoms with van der Waals surface area (Å²) in [4.78, 5) is 15.6. The van der Waals surface area contributed by atoms with E-state index in [-0.39, 0.29) is 19.2 Å². The standard InChI is InChI=1S/C16H17NO5/c1-2-20-16(19)12-3-5-13(6-4-12)22-15-8-7-14(11-17-15)21-10-9-18/h3-8,11,18H,2,9-10H2,1H3. The summed E-state index contributed by atoms with van der Waals surface area (Å²) in [7, 11) is 0. The molecular weight excluding hydrogens is 286 g/mol. The Morgan fingerprint density at radius 3 is 2.45 bits per heavy atom. The highest BCUT2D eigenvalue weighted by Gasteiger charge is 2.06. The first-order valence-electron chi connectivity index (χ1n) is 6.87. The smallest absolute Gasteiger partial charge is 0.338 e. The van der Waals surface area contributed by atoms with Crippen LogP contribution in [0.25, 0.3) is 0 Å². The van der Waals surface area contributed by atoms with Gasteiger partial charge in [0.15, 0.2) is 0 Å². The average molecular weight is 303 g/mol. The van der Waals surface area contributed by atoms with Crippen LogP contribution in [0.5, 0.6) is 17.4 Å². The fourth-order valence-corrected chi connectivity index (χ4v) is 1.67. The van der Waals surface area contributed by atoms with Gasteiger partial charge in [-0.15, -0.1) is 0 Å². The van der Waals surface area contributed by atoms with Gasteiger partial charge in [-0.05, 0) is 37.3 Å². The summed E-state index contributed by atoms with van der Waals surface area (Å²) in [5, 5.41) is 8.67. The molecule has 1 aromatic carbocycles. The molecule has 0 fully saturated rings. The van der Waals surface area contributed by atoms with E-state index in [9.17, 15) is 4.79 Å². The number of aliphatic hydroxyl groups excluding tert-OH is 1. The van der Waals surface area contributed by atoms with E-state index in [1.807, 2.05) is 0 Å². The van der Waals surface area contributed by atoms with E-state index >= 15 is 0 Å². The van der Waals surface area contributed by atoms with E-state index in [0.717, 1.165) is 0 Å². The molecule has 2 rings (SSSR count). The largest absolute Gasteiger partial charge is 0.490 e. The third-order valence-electron chi connectivity index (χ3n) is 2.66. The van der Waals surface area contributed by atoms with Crippen molar-refractivity contribution in [3.05, 3.63) is 48.2 Å². The van der Waals surface area contributed by atoms with Gasteiger partial charge >= 0.3 is 5.97 Å². The first-order valence-corrected chi connectivity index (χ1v) is 6.87. The Balaban J connectivity index is 1.97. The molecule has 1 aromatic heterocycles. The molecule has 116 valence electrons. The highest BCUT2D eigenvalue weighted by Crippen LogP contribution is 2.21. The predicted molar refractivity (Wildman–Crippen MR) is 79.3 cm³/mol. The maximum atomic E-state index is 11.5. The summed E-state index contributed by atoms with van der Waals surface area (Å²) in [6.07, 6.45) is 1.51. The average Bonchev–Trinajstić information content (AvgIpc) is 2.55. The molecule has 0 unspecified atom stereocenters. The molecule has 6 heteroatoms. The molecule has 2 aromatic rings. The SMILES string of the molecule is CCOC(=O)c1ccc(Oc2ccc(OCCO)cn2)cc1. The van der Waals surface area contributed by atoms with Gasteiger partial charge in [-0.1, -0.05) is 0 Å². The van der Waals surface area contributed by atoms with Gasteiger partial charge in [0.25, 0.3) is 0 Å². The van der Waals surface area contributed by atoms with Crippen molar-refractivity contribution < 1.29 is 24.1 Å². The van der Waals surface area contributed by atoms with Crippen molar-refractivity contribution >= 4 is 5.97 Å². The van der Waals surface area contributed by atoms with Crippen LogP contribution in [-0.4, -0.2) is 35.9 Å². The summed E-state index contributed by atoms with van der Waals surface area (Å²) in [6.45, 7) is 2.27. The number of benzene rings is 1. The minimum Gasteiger partial charge on any atom is -0.490 e. The van der Waals surface area contributed by atoms with E-state index in [2.05, 4.69) is 4.98 Å². The minimum atomic E-state index is -0.363. The third-order valence-corrected chi connectivity index (χ3v) is 2.66. The van der Waals surface area contributed by atoms with Crippen LogP contribution in [0, 0.1) is 0 Å². The molecule has 22 heavy (non-hydrogen) atoms. The number of hydrogen-bond donors (Lipinski definition) is 1. The highest BCUT2D eigenvalue weighted by molar-refractivity contribution is 5.89. The van der Waals surface area contributed by atoms with Gasteiger partial charge in [-0.25, -0.2) is 9.78 Å². The van der Waals surface area contributed by atoms with Gasteiger partial charge in [0.05, 0.1) is 25.0 Å². The zero-order valence-corrected chi connectivity index (χ0v) is 12.2. The van der Waals surface area contributed by atoms with Crippen LogP contribution in [0.4, 0.5) is 0 Å². The van der Waals surface area contributed by atoms with Crippen LogP contribution < -0.4 is 9.47 Å². The Morgan fingerprint density at radius 1 is 1.14 bits per heavy atom. The lowest BCUT2D eigenvalue weighted by atomic mass is 10.2. The number of nitrogens with zero attached hydrogens (tertiary/aromatic N) is 1. The van der Waals surface area contributed by atoms with E-state index < -0.39 is 0 Å². The molecule has 0 atom stereocenters. The van der Waals surface area contributed by atoms with Crippen LogP contribution in [0.1, 0.15) is 17.3 Å². The Bertz CT molecular complexity index is 595. The number of carbonyl (C=O) groups is 1. The van der Waals surface area contributed by atoms with E-state index in [4.69, 9.17) is 19.3 Å². The number of esters is 1. The number of rotatable bonds is 7. The number of aromatic nitrogens is 1. The maximum Gasteiger partial charge on any atom is 0.338 e. The molecule has 6 nitrogen and oxygen atoms in total. The first kappa shape index (κ1) is 15.8. The van der Waals surface area contributed by atoms with Crippen molar-refractivity contribution in [3.8, 4) is 17.4 Å². The van der Waals surface area contributed by atoms with Crippen LogP contribution in [-0.2, 0) is 4.74 Å². The number of pyridine rings is 1. The normalized spacial score (nSPS) is 10.1.